The molecule has 1 aliphatic carbocycles. The van der Waals surface area contributed by atoms with E-state index in [0.29, 0.717) is 12.5 Å². The number of hydrogen-bond acceptors (Lipinski definition) is 7. The molecule has 10 heteroatoms. The lowest BCUT2D eigenvalue weighted by Crippen LogP contribution is -2.51. The van der Waals surface area contributed by atoms with Crippen LogP contribution < -0.4 is 5.32 Å². The van der Waals surface area contributed by atoms with Crippen molar-refractivity contribution < 1.29 is 14.7 Å². The van der Waals surface area contributed by atoms with E-state index in [1.54, 1.807) is 16.0 Å². The van der Waals surface area contributed by atoms with Gasteiger partial charge in [0.1, 0.15) is 12.1 Å². The summed E-state index contributed by atoms with van der Waals surface area (Å²) in [6.07, 6.45) is 3.43. The number of hydrogen-bond donors (Lipinski definition) is 2. The van der Waals surface area contributed by atoms with E-state index < -0.39 is 23.6 Å². The fraction of sp³-hybridized carbons (Fsp3) is 0.406. The Morgan fingerprint density at radius 2 is 1.86 bits per heavy atom. The standard InChI is InChI=1S/C32H36N6O3S/c1-20-28(42-19-34-20)23-11-9-21(10-12-23)16-33-30(40)27-15-25(39)17-37(27)31(41)29(32(2,3)24-7-5-4-6-8-24)38-18-26(35-36-38)22-13-14-22/h4-12,18-19,22,25,27,29,39H,13-17H2,1-3H3,(H,33,40)/t25-,27+,29?/m1/s1. The lowest BCUT2D eigenvalue weighted by atomic mass is 9.77. The Morgan fingerprint density at radius 1 is 1.12 bits per heavy atom. The van der Waals surface area contributed by atoms with Gasteiger partial charge in [-0.15, -0.1) is 16.4 Å². The lowest BCUT2D eigenvalue weighted by Gasteiger charge is -2.37. The van der Waals surface area contributed by atoms with E-state index in [1.807, 2.05) is 87.1 Å². The number of carbonyl (C=O) groups is 2. The molecule has 0 spiro atoms. The Morgan fingerprint density at radius 3 is 2.52 bits per heavy atom. The highest BCUT2D eigenvalue weighted by molar-refractivity contribution is 7.13. The second-order valence-electron chi connectivity index (χ2n) is 12.0. The van der Waals surface area contributed by atoms with E-state index in [1.165, 1.54) is 4.90 Å². The van der Waals surface area contributed by atoms with E-state index in [0.717, 1.165) is 45.8 Å². The summed E-state index contributed by atoms with van der Waals surface area (Å²) in [6, 6.07) is 16.4. The first-order valence-electron chi connectivity index (χ1n) is 14.4. The monoisotopic (exact) mass is 584 g/mol. The topological polar surface area (TPSA) is 113 Å². The van der Waals surface area contributed by atoms with E-state index in [4.69, 9.17) is 0 Å². The van der Waals surface area contributed by atoms with Gasteiger partial charge in [0.15, 0.2) is 0 Å². The van der Waals surface area contributed by atoms with E-state index in [-0.39, 0.29) is 24.8 Å². The Bertz CT molecular complexity index is 1560. The number of carbonyl (C=O) groups excluding carboxylic acids is 2. The number of nitrogens with zero attached hydrogens (tertiary/aromatic N) is 5. The third-order valence-corrected chi connectivity index (χ3v) is 9.49. The summed E-state index contributed by atoms with van der Waals surface area (Å²) < 4.78 is 1.66. The highest BCUT2D eigenvalue weighted by Crippen LogP contribution is 2.41. The van der Waals surface area contributed by atoms with Gasteiger partial charge in [0.25, 0.3) is 0 Å². The van der Waals surface area contributed by atoms with Gasteiger partial charge < -0.3 is 15.3 Å². The maximum atomic E-state index is 14.4. The van der Waals surface area contributed by atoms with Crippen LogP contribution in [0.25, 0.3) is 10.4 Å². The summed E-state index contributed by atoms with van der Waals surface area (Å²) >= 11 is 1.60. The minimum absolute atomic E-state index is 0.0887. The Hall–Kier alpha value is -3.89. The summed E-state index contributed by atoms with van der Waals surface area (Å²) in [6.45, 7) is 6.43. The molecule has 2 fully saturated rings. The molecule has 2 N–H and O–H groups in total. The molecule has 2 aliphatic rings. The van der Waals surface area contributed by atoms with Crippen molar-refractivity contribution >= 4 is 23.2 Å². The number of aliphatic hydroxyl groups excluding tert-OH is 1. The van der Waals surface area contributed by atoms with Crippen molar-refractivity contribution in [3.63, 3.8) is 0 Å². The third kappa shape index (κ3) is 5.61. The van der Waals surface area contributed by atoms with Crippen LogP contribution in [-0.4, -0.2) is 60.5 Å². The normalized spacial score (nSPS) is 19.6. The first-order chi connectivity index (χ1) is 20.2. The highest BCUT2D eigenvalue weighted by atomic mass is 32.1. The number of benzene rings is 2. The molecule has 2 aromatic heterocycles. The third-order valence-electron chi connectivity index (χ3n) is 8.52. The molecule has 3 heterocycles. The number of aromatic nitrogens is 4. The molecule has 1 saturated heterocycles. The molecule has 2 amide bonds. The van der Waals surface area contributed by atoms with Crippen molar-refractivity contribution in [3.05, 3.63) is 88.8 Å². The van der Waals surface area contributed by atoms with Gasteiger partial charge in [-0.3, -0.25) is 9.59 Å². The molecule has 9 nitrogen and oxygen atoms in total. The Labute approximate surface area is 249 Å². The smallest absolute Gasteiger partial charge is 0.249 e. The number of likely N-dealkylation sites (tertiary alicyclic amines) is 1. The molecular formula is C32H36N6O3S. The first-order valence-corrected chi connectivity index (χ1v) is 15.3. The number of amides is 2. The van der Waals surface area contributed by atoms with Crippen LogP contribution in [0.3, 0.4) is 0 Å². The van der Waals surface area contributed by atoms with Crippen molar-refractivity contribution in [2.45, 2.75) is 76.1 Å². The van der Waals surface area contributed by atoms with Gasteiger partial charge in [-0.1, -0.05) is 73.7 Å². The quantitative estimate of drug-likeness (QED) is 0.302. The summed E-state index contributed by atoms with van der Waals surface area (Å²) in [5.41, 5.74) is 6.07. The molecule has 42 heavy (non-hydrogen) atoms. The van der Waals surface area contributed by atoms with Crippen LogP contribution in [0.1, 0.15) is 67.6 Å². The maximum absolute atomic E-state index is 14.4. The Kier molecular flexibility index (Phi) is 7.67. The Balaban J connectivity index is 1.21. The van der Waals surface area contributed by atoms with Crippen molar-refractivity contribution in [1.29, 1.82) is 0 Å². The molecule has 0 bridgehead atoms. The van der Waals surface area contributed by atoms with Crippen molar-refractivity contribution in [2.24, 2.45) is 0 Å². The molecule has 0 radical (unpaired) electrons. The zero-order valence-electron chi connectivity index (χ0n) is 24.1. The molecule has 218 valence electrons. The van der Waals surface area contributed by atoms with Crippen LogP contribution in [0.15, 0.2) is 66.3 Å². The fourth-order valence-corrected chi connectivity index (χ4v) is 6.70. The van der Waals surface area contributed by atoms with Gasteiger partial charge in [-0.2, -0.15) is 0 Å². The van der Waals surface area contributed by atoms with Crippen LogP contribution in [0.5, 0.6) is 0 Å². The molecule has 6 rings (SSSR count). The van der Waals surface area contributed by atoms with Gasteiger partial charge in [0, 0.05) is 37.0 Å². The van der Waals surface area contributed by atoms with Gasteiger partial charge in [-0.05, 0) is 36.5 Å². The predicted molar refractivity (Wildman–Crippen MR) is 161 cm³/mol. The lowest BCUT2D eigenvalue weighted by molar-refractivity contribution is -0.143. The number of aliphatic hydroxyl groups is 1. The highest BCUT2D eigenvalue weighted by Gasteiger charge is 2.47. The van der Waals surface area contributed by atoms with Crippen molar-refractivity contribution in [1.82, 2.24) is 30.2 Å². The summed E-state index contributed by atoms with van der Waals surface area (Å²) in [5, 5.41) is 22.4. The van der Waals surface area contributed by atoms with Gasteiger partial charge in [-0.25, -0.2) is 9.67 Å². The van der Waals surface area contributed by atoms with Gasteiger partial charge in [0.05, 0.1) is 27.9 Å². The van der Waals surface area contributed by atoms with Crippen LogP contribution in [-0.2, 0) is 21.5 Å². The van der Waals surface area contributed by atoms with Gasteiger partial charge in [0.2, 0.25) is 11.8 Å². The number of β-amino-alcohol motifs (C(OH)–C–C–N with tert-alkyl or cyclic N) is 1. The minimum atomic E-state index is -0.787. The van der Waals surface area contributed by atoms with Crippen LogP contribution in [0.2, 0.25) is 0 Å². The predicted octanol–water partition coefficient (Wildman–Crippen LogP) is 4.38. The second kappa shape index (κ2) is 11.4. The summed E-state index contributed by atoms with van der Waals surface area (Å²) in [7, 11) is 0. The zero-order valence-corrected chi connectivity index (χ0v) is 24.9. The number of aryl methyl sites for hydroxylation is 1. The number of nitrogens with one attached hydrogen (secondary N) is 1. The molecule has 3 atom stereocenters. The molecule has 1 aliphatic heterocycles. The molecule has 2 aromatic carbocycles. The average Bonchev–Trinajstić information content (AvgIpc) is 3.36. The average molecular weight is 585 g/mol. The summed E-state index contributed by atoms with van der Waals surface area (Å²) in [5.74, 6) is -0.144. The first kappa shape index (κ1) is 28.2. The molecule has 4 aromatic rings. The molecule has 1 saturated carbocycles. The summed E-state index contributed by atoms with van der Waals surface area (Å²) in [4.78, 5) is 34.9. The van der Waals surface area contributed by atoms with E-state index >= 15 is 0 Å². The number of thiazole rings is 1. The molecule has 1 unspecified atom stereocenters. The second-order valence-corrected chi connectivity index (χ2v) is 12.8. The van der Waals surface area contributed by atoms with Crippen LogP contribution >= 0.6 is 11.3 Å². The molecular weight excluding hydrogens is 548 g/mol. The van der Waals surface area contributed by atoms with Crippen molar-refractivity contribution in [2.75, 3.05) is 6.54 Å². The van der Waals surface area contributed by atoms with Gasteiger partial charge >= 0.3 is 0 Å². The maximum Gasteiger partial charge on any atom is 0.249 e. The zero-order chi connectivity index (χ0) is 29.4. The van der Waals surface area contributed by atoms with Crippen molar-refractivity contribution in [3.8, 4) is 10.4 Å². The van der Waals surface area contributed by atoms with Crippen LogP contribution in [0, 0.1) is 6.92 Å². The van der Waals surface area contributed by atoms with E-state index in [9.17, 15) is 14.7 Å². The fourth-order valence-electron chi connectivity index (χ4n) is 5.88. The van der Waals surface area contributed by atoms with E-state index in [2.05, 4.69) is 20.6 Å². The van der Waals surface area contributed by atoms with Crippen LogP contribution in [0.4, 0.5) is 0 Å². The number of rotatable bonds is 9. The minimum Gasteiger partial charge on any atom is -0.391 e. The largest absolute Gasteiger partial charge is 0.391 e. The SMILES string of the molecule is Cc1ncsc1-c1ccc(CNC(=O)[C@@H]2C[C@@H](O)CN2C(=O)C(n2cc(C3CC3)nn2)C(C)(C)c2ccccc2)cc1.